The monoisotopic (exact) mass is 303 g/mol. The molecule has 0 aromatic heterocycles. The number of rotatable bonds is 4. The van der Waals surface area contributed by atoms with E-state index in [-0.39, 0.29) is 29.8 Å². The topological polar surface area (TPSA) is 44.5 Å². The Morgan fingerprint density at radius 3 is 2.88 bits per heavy atom. The van der Waals surface area contributed by atoms with E-state index >= 15 is 0 Å². The van der Waals surface area contributed by atoms with Crippen LogP contribution in [0, 0.1) is 5.82 Å². The van der Waals surface area contributed by atoms with Crippen molar-refractivity contribution in [3.05, 3.63) is 28.5 Å². The maximum atomic E-state index is 13.6. The standard InChI is InChI=1S/C12H15BrFNO2/c1-2-16-12-9(15)6-11(12)17-10-4-3-7(13)5-8(10)14/h3-5,9,11-12H,2,6,15H2,1H3. The first-order valence-electron chi connectivity index (χ1n) is 5.60. The van der Waals surface area contributed by atoms with E-state index < -0.39 is 0 Å². The molecule has 1 aromatic carbocycles. The molecule has 1 aromatic rings. The lowest BCUT2D eigenvalue weighted by atomic mass is 9.86. The molecule has 3 unspecified atom stereocenters. The van der Waals surface area contributed by atoms with Gasteiger partial charge in [0.2, 0.25) is 0 Å². The van der Waals surface area contributed by atoms with Gasteiger partial charge in [0.1, 0.15) is 12.2 Å². The average Bonchev–Trinajstić information content (AvgIpc) is 2.28. The summed E-state index contributed by atoms with van der Waals surface area (Å²) in [6.45, 7) is 2.49. The zero-order valence-electron chi connectivity index (χ0n) is 9.53. The Morgan fingerprint density at radius 2 is 2.29 bits per heavy atom. The highest BCUT2D eigenvalue weighted by molar-refractivity contribution is 9.10. The molecule has 5 heteroatoms. The van der Waals surface area contributed by atoms with Crippen LogP contribution < -0.4 is 10.5 Å². The summed E-state index contributed by atoms with van der Waals surface area (Å²) in [6.07, 6.45) is 0.406. The maximum Gasteiger partial charge on any atom is 0.166 e. The molecular formula is C12H15BrFNO2. The highest BCUT2D eigenvalue weighted by atomic mass is 79.9. The van der Waals surface area contributed by atoms with Crippen molar-refractivity contribution < 1.29 is 13.9 Å². The summed E-state index contributed by atoms with van der Waals surface area (Å²) in [5.74, 6) is -0.134. The van der Waals surface area contributed by atoms with Crippen LogP contribution in [0.4, 0.5) is 4.39 Å². The molecule has 94 valence electrons. The van der Waals surface area contributed by atoms with Gasteiger partial charge in [-0.2, -0.15) is 0 Å². The van der Waals surface area contributed by atoms with E-state index in [2.05, 4.69) is 15.9 Å². The van der Waals surface area contributed by atoms with Gasteiger partial charge in [0.25, 0.3) is 0 Å². The molecule has 3 nitrogen and oxygen atoms in total. The van der Waals surface area contributed by atoms with Crippen molar-refractivity contribution >= 4 is 15.9 Å². The van der Waals surface area contributed by atoms with Crippen LogP contribution in [-0.2, 0) is 4.74 Å². The van der Waals surface area contributed by atoms with Crippen molar-refractivity contribution in [2.45, 2.75) is 31.6 Å². The molecule has 0 saturated heterocycles. The molecule has 0 spiro atoms. The van der Waals surface area contributed by atoms with E-state index in [9.17, 15) is 4.39 Å². The molecule has 0 bridgehead atoms. The van der Waals surface area contributed by atoms with Crippen molar-refractivity contribution in [2.24, 2.45) is 5.73 Å². The van der Waals surface area contributed by atoms with Crippen molar-refractivity contribution in [1.82, 2.24) is 0 Å². The van der Waals surface area contributed by atoms with E-state index in [1.807, 2.05) is 6.92 Å². The zero-order valence-corrected chi connectivity index (χ0v) is 11.1. The molecule has 1 saturated carbocycles. The summed E-state index contributed by atoms with van der Waals surface area (Å²) in [4.78, 5) is 0. The minimum absolute atomic E-state index is 0.0153. The lowest BCUT2D eigenvalue weighted by Crippen LogP contribution is -2.59. The molecule has 0 radical (unpaired) electrons. The third-order valence-corrected chi connectivity index (χ3v) is 3.32. The normalized spacial score (nSPS) is 27.6. The van der Waals surface area contributed by atoms with Crippen molar-refractivity contribution in [2.75, 3.05) is 6.61 Å². The summed E-state index contributed by atoms with van der Waals surface area (Å²) in [6, 6.07) is 4.71. The van der Waals surface area contributed by atoms with Crippen molar-refractivity contribution in [3.63, 3.8) is 0 Å². The largest absolute Gasteiger partial charge is 0.485 e. The van der Waals surface area contributed by atoms with Crippen molar-refractivity contribution in [1.29, 1.82) is 0 Å². The Labute approximate surface area is 108 Å². The van der Waals surface area contributed by atoms with Gasteiger partial charge >= 0.3 is 0 Å². The Kier molecular flexibility index (Phi) is 4.01. The van der Waals surface area contributed by atoms with Crippen LogP contribution in [0.15, 0.2) is 22.7 Å². The predicted octanol–water partition coefficient (Wildman–Crippen LogP) is 2.47. The number of ether oxygens (including phenoxy) is 2. The fourth-order valence-corrected chi connectivity index (χ4v) is 2.22. The first-order chi connectivity index (χ1) is 8.11. The van der Waals surface area contributed by atoms with E-state index in [0.717, 1.165) is 0 Å². The van der Waals surface area contributed by atoms with E-state index in [1.54, 1.807) is 12.1 Å². The fourth-order valence-electron chi connectivity index (χ4n) is 1.89. The highest BCUT2D eigenvalue weighted by Gasteiger charge is 2.41. The zero-order chi connectivity index (χ0) is 12.4. The van der Waals surface area contributed by atoms with Crippen LogP contribution >= 0.6 is 15.9 Å². The van der Waals surface area contributed by atoms with E-state index in [4.69, 9.17) is 15.2 Å². The van der Waals surface area contributed by atoms with Crippen LogP contribution in [0.1, 0.15) is 13.3 Å². The first-order valence-corrected chi connectivity index (χ1v) is 6.40. The lowest BCUT2D eigenvalue weighted by molar-refractivity contribution is -0.0955. The van der Waals surface area contributed by atoms with Crippen molar-refractivity contribution in [3.8, 4) is 5.75 Å². The molecule has 2 N–H and O–H groups in total. The molecule has 0 heterocycles. The van der Waals surface area contributed by atoms with Gasteiger partial charge in [-0.25, -0.2) is 4.39 Å². The Hall–Kier alpha value is -0.650. The molecule has 1 aliphatic rings. The molecule has 0 aliphatic heterocycles. The van der Waals surface area contributed by atoms with Gasteiger partial charge < -0.3 is 15.2 Å². The van der Waals surface area contributed by atoms with Gasteiger partial charge in [-0.3, -0.25) is 0 Å². The Bertz CT molecular complexity index is 402. The molecular weight excluding hydrogens is 289 g/mol. The Balaban J connectivity index is 2.01. The summed E-state index contributed by atoms with van der Waals surface area (Å²) in [7, 11) is 0. The van der Waals surface area contributed by atoms with Gasteiger partial charge in [-0.05, 0) is 25.1 Å². The van der Waals surface area contributed by atoms with Gasteiger partial charge in [0, 0.05) is 23.5 Å². The molecule has 1 aliphatic carbocycles. The predicted molar refractivity (Wildman–Crippen MR) is 66.5 cm³/mol. The molecule has 3 atom stereocenters. The number of benzene rings is 1. The third-order valence-electron chi connectivity index (χ3n) is 2.82. The highest BCUT2D eigenvalue weighted by Crippen LogP contribution is 2.30. The minimum atomic E-state index is -0.380. The first kappa shape index (κ1) is 12.8. The van der Waals surface area contributed by atoms with Crippen LogP contribution in [0.25, 0.3) is 0 Å². The smallest absolute Gasteiger partial charge is 0.166 e. The summed E-state index contributed by atoms with van der Waals surface area (Å²) in [5.41, 5.74) is 5.81. The maximum absolute atomic E-state index is 13.6. The van der Waals surface area contributed by atoms with Gasteiger partial charge in [0.05, 0.1) is 0 Å². The van der Waals surface area contributed by atoms with Crippen LogP contribution in [0.5, 0.6) is 5.75 Å². The average molecular weight is 304 g/mol. The summed E-state index contributed by atoms with van der Waals surface area (Å²) in [5, 5.41) is 0. The molecule has 0 amide bonds. The Morgan fingerprint density at radius 1 is 1.53 bits per heavy atom. The van der Waals surface area contributed by atoms with Crippen LogP contribution in [0.3, 0.4) is 0 Å². The van der Waals surface area contributed by atoms with E-state index in [0.29, 0.717) is 17.5 Å². The molecule has 17 heavy (non-hydrogen) atoms. The second kappa shape index (κ2) is 5.33. The second-order valence-electron chi connectivity index (χ2n) is 4.05. The molecule has 2 rings (SSSR count). The quantitative estimate of drug-likeness (QED) is 0.929. The number of halogens is 2. The van der Waals surface area contributed by atoms with Gasteiger partial charge in [-0.15, -0.1) is 0 Å². The minimum Gasteiger partial charge on any atom is -0.485 e. The van der Waals surface area contributed by atoms with E-state index in [1.165, 1.54) is 6.07 Å². The van der Waals surface area contributed by atoms with Gasteiger partial charge in [-0.1, -0.05) is 15.9 Å². The number of hydrogen-bond acceptors (Lipinski definition) is 3. The summed E-state index contributed by atoms with van der Waals surface area (Å²) >= 11 is 3.20. The molecule has 1 fully saturated rings. The summed E-state index contributed by atoms with van der Waals surface area (Å²) < 4.78 is 25.3. The number of hydrogen-bond donors (Lipinski definition) is 1. The SMILES string of the molecule is CCOC1C(N)CC1Oc1ccc(Br)cc1F. The second-order valence-corrected chi connectivity index (χ2v) is 4.97. The number of nitrogens with two attached hydrogens (primary N) is 1. The lowest BCUT2D eigenvalue weighted by Gasteiger charge is -2.41. The van der Waals surface area contributed by atoms with Gasteiger partial charge in [0.15, 0.2) is 11.6 Å². The fraction of sp³-hybridized carbons (Fsp3) is 0.500. The third kappa shape index (κ3) is 2.78. The van der Waals surface area contributed by atoms with Crippen LogP contribution in [-0.4, -0.2) is 24.9 Å². The van der Waals surface area contributed by atoms with Crippen LogP contribution in [0.2, 0.25) is 0 Å².